The van der Waals surface area contributed by atoms with E-state index in [1.807, 2.05) is 6.92 Å². The van der Waals surface area contributed by atoms with Crippen molar-refractivity contribution in [3.63, 3.8) is 0 Å². The maximum atomic E-state index is 13.2. The van der Waals surface area contributed by atoms with Crippen molar-refractivity contribution in [2.45, 2.75) is 13.3 Å². The Kier molecular flexibility index (Phi) is 3.66. The second-order valence-corrected chi connectivity index (χ2v) is 3.05. The van der Waals surface area contributed by atoms with Crippen LogP contribution in [0.1, 0.15) is 18.9 Å². The molecule has 74 valence electrons. The molecule has 1 aromatic rings. The molecule has 0 amide bonds. The largest absolute Gasteiger partial charge is 0.368 e. The van der Waals surface area contributed by atoms with E-state index < -0.39 is 5.82 Å². The topological polar surface area (TPSA) is 48.7 Å². The van der Waals surface area contributed by atoms with E-state index in [4.69, 9.17) is 16.9 Å². The first-order chi connectivity index (χ1) is 6.69. The molecule has 0 bridgehead atoms. The second kappa shape index (κ2) is 4.77. The van der Waals surface area contributed by atoms with E-state index in [1.165, 1.54) is 0 Å². The summed E-state index contributed by atoms with van der Waals surface area (Å²) >= 11 is 5.64. The third kappa shape index (κ3) is 2.33. The van der Waals surface area contributed by atoms with Gasteiger partial charge in [-0.2, -0.15) is 5.26 Å². The van der Waals surface area contributed by atoms with Gasteiger partial charge in [-0.15, -0.1) is 0 Å². The molecule has 0 radical (unpaired) electrons. The van der Waals surface area contributed by atoms with Gasteiger partial charge in [-0.25, -0.2) is 9.37 Å². The van der Waals surface area contributed by atoms with Gasteiger partial charge in [-0.1, -0.05) is 18.5 Å². The van der Waals surface area contributed by atoms with Gasteiger partial charge in [0.15, 0.2) is 11.6 Å². The van der Waals surface area contributed by atoms with Gasteiger partial charge in [0.2, 0.25) is 0 Å². The number of nitrogens with one attached hydrogen (secondary N) is 1. The minimum absolute atomic E-state index is 0.0208. The fraction of sp³-hybridized carbons (Fsp3) is 0.333. The molecular formula is C9H9ClFN3. The normalized spacial score (nSPS) is 9.57. The number of nitrogens with zero attached hydrogens (tertiary/aromatic N) is 2. The van der Waals surface area contributed by atoms with Gasteiger partial charge >= 0.3 is 0 Å². The van der Waals surface area contributed by atoms with Gasteiger partial charge in [0.1, 0.15) is 11.2 Å². The summed E-state index contributed by atoms with van der Waals surface area (Å²) in [4.78, 5) is 3.74. The Morgan fingerprint density at radius 3 is 3.00 bits per heavy atom. The fourth-order valence-electron chi connectivity index (χ4n) is 0.912. The summed E-state index contributed by atoms with van der Waals surface area (Å²) in [5.74, 6) is -0.463. The van der Waals surface area contributed by atoms with Crippen LogP contribution in [-0.2, 0) is 0 Å². The summed E-state index contributed by atoms with van der Waals surface area (Å²) < 4.78 is 13.2. The highest BCUT2D eigenvalue weighted by Gasteiger charge is 2.09. The average Bonchev–Trinajstić information content (AvgIpc) is 2.18. The minimum atomic E-state index is -0.556. The Labute approximate surface area is 86.5 Å². The summed E-state index contributed by atoms with van der Waals surface area (Å²) in [6.07, 6.45) is 0.860. The molecule has 0 aliphatic heterocycles. The predicted molar refractivity (Wildman–Crippen MR) is 52.7 cm³/mol. The quantitative estimate of drug-likeness (QED) is 0.785. The van der Waals surface area contributed by atoms with E-state index in [9.17, 15) is 4.39 Å². The predicted octanol–water partition coefficient (Wildman–Crippen LogP) is 2.57. The van der Waals surface area contributed by atoms with Gasteiger partial charge in [0.05, 0.1) is 5.56 Å². The lowest BCUT2D eigenvalue weighted by molar-refractivity contribution is 0.623. The third-order valence-electron chi connectivity index (χ3n) is 1.59. The van der Waals surface area contributed by atoms with Gasteiger partial charge in [-0.3, -0.25) is 0 Å². The van der Waals surface area contributed by atoms with E-state index in [-0.39, 0.29) is 16.5 Å². The molecule has 5 heteroatoms. The molecule has 0 atom stereocenters. The van der Waals surface area contributed by atoms with Crippen molar-refractivity contribution in [2.24, 2.45) is 0 Å². The molecule has 0 saturated carbocycles. The Hall–Kier alpha value is -1.34. The van der Waals surface area contributed by atoms with Crippen molar-refractivity contribution in [1.82, 2.24) is 4.98 Å². The number of hydrogen-bond donors (Lipinski definition) is 1. The molecule has 1 heterocycles. The van der Waals surface area contributed by atoms with Crippen LogP contribution in [0.4, 0.5) is 10.2 Å². The molecule has 0 aromatic carbocycles. The van der Waals surface area contributed by atoms with Gasteiger partial charge in [0, 0.05) is 6.54 Å². The highest BCUT2D eigenvalue weighted by molar-refractivity contribution is 6.30. The van der Waals surface area contributed by atoms with E-state index >= 15 is 0 Å². The number of aromatic nitrogens is 1. The highest BCUT2D eigenvalue weighted by Crippen LogP contribution is 2.19. The molecule has 0 saturated heterocycles. The molecule has 14 heavy (non-hydrogen) atoms. The van der Waals surface area contributed by atoms with Crippen LogP contribution in [0.15, 0.2) is 6.07 Å². The highest BCUT2D eigenvalue weighted by atomic mass is 35.5. The van der Waals surface area contributed by atoms with Gasteiger partial charge < -0.3 is 5.32 Å². The first kappa shape index (κ1) is 10.7. The molecular weight excluding hydrogens is 205 g/mol. The number of anilines is 1. The zero-order valence-electron chi connectivity index (χ0n) is 7.64. The van der Waals surface area contributed by atoms with Crippen molar-refractivity contribution in [3.05, 3.63) is 22.6 Å². The number of hydrogen-bond acceptors (Lipinski definition) is 3. The zero-order valence-corrected chi connectivity index (χ0v) is 8.40. The molecule has 0 aliphatic carbocycles. The number of nitriles is 1. The second-order valence-electron chi connectivity index (χ2n) is 2.70. The van der Waals surface area contributed by atoms with Crippen molar-refractivity contribution in [1.29, 1.82) is 5.26 Å². The Morgan fingerprint density at radius 2 is 2.43 bits per heavy atom. The van der Waals surface area contributed by atoms with Crippen LogP contribution in [-0.4, -0.2) is 11.5 Å². The molecule has 0 spiro atoms. The summed E-state index contributed by atoms with van der Waals surface area (Å²) in [7, 11) is 0. The number of rotatable bonds is 3. The molecule has 0 aliphatic rings. The van der Waals surface area contributed by atoms with Crippen LogP contribution >= 0.6 is 11.6 Å². The molecule has 1 rings (SSSR count). The third-order valence-corrected chi connectivity index (χ3v) is 1.88. The Bertz CT molecular complexity index is 373. The molecule has 1 aromatic heterocycles. The van der Waals surface area contributed by atoms with E-state index in [0.717, 1.165) is 12.5 Å². The molecule has 0 fully saturated rings. The van der Waals surface area contributed by atoms with Crippen LogP contribution < -0.4 is 5.32 Å². The van der Waals surface area contributed by atoms with E-state index in [1.54, 1.807) is 6.07 Å². The van der Waals surface area contributed by atoms with Crippen LogP contribution in [0.3, 0.4) is 0 Å². The number of halogens is 2. The lowest BCUT2D eigenvalue weighted by Gasteiger charge is -2.05. The van der Waals surface area contributed by atoms with E-state index in [2.05, 4.69) is 10.3 Å². The Morgan fingerprint density at radius 1 is 1.71 bits per heavy atom. The van der Waals surface area contributed by atoms with Crippen molar-refractivity contribution < 1.29 is 4.39 Å². The standard InChI is InChI=1S/C9H9ClFN3/c1-2-3-13-9-7(11)4-6(5-12)8(10)14-9/h4H,2-3H2,1H3,(H,13,14). The molecule has 0 unspecified atom stereocenters. The van der Waals surface area contributed by atoms with Crippen molar-refractivity contribution >= 4 is 17.4 Å². The maximum absolute atomic E-state index is 13.2. The summed E-state index contributed by atoms with van der Waals surface area (Å²) in [5, 5.41) is 11.3. The smallest absolute Gasteiger partial charge is 0.166 e. The van der Waals surface area contributed by atoms with Crippen molar-refractivity contribution in [3.8, 4) is 6.07 Å². The monoisotopic (exact) mass is 213 g/mol. The molecule has 3 nitrogen and oxygen atoms in total. The van der Waals surface area contributed by atoms with E-state index in [0.29, 0.717) is 6.54 Å². The SMILES string of the molecule is CCCNc1nc(Cl)c(C#N)cc1F. The van der Waals surface area contributed by atoms with Crippen LogP contribution in [0.25, 0.3) is 0 Å². The van der Waals surface area contributed by atoms with Crippen LogP contribution in [0.5, 0.6) is 0 Å². The summed E-state index contributed by atoms with van der Waals surface area (Å²) in [5.41, 5.74) is 0.0474. The minimum Gasteiger partial charge on any atom is -0.368 e. The average molecular weight is 214 g/mol. The van der Waals surface area contributed by atoms with Crippen molar-refractivity contribution in [2.75, 3.05) is 11.9 Å². The maximum Gasteiger partial charge on any atom is 0.166 e. The Balaban J connectivity index is 2.98. The van der Waals surface area contributed by atoms with Gasteiger partial charge in [-0.05, 0) is 12.5 Å². The number of pyridine rings is 1. The first-order valence-corrected chi connectivity index (χ1v) is 4.56. The lowest BCUT2D eigenvalue weighted by Crippen LogP contribution is -2.05. The van der Waals surface area contributed by atoms with Crippen LogP contribution in [0, 0.1) is 17.1 Å². The summed E-state index contributed by atoms with van der Waals surface area (Å²) in [6, 6.07) is 2.83. The van der Waals surface area contributed by atoms with Gasteiger partial charge in [0.25, 0.3) is 0 Å². The lowest BCUT2D eigenvalue weighted by atomic mass is 10.3. The first-order valence-electron chi connectivity index (χ1n) is 4.19. The fourth-order valence-corrected chi connectivity index (χ4v) is 1.09. The molecule has 1 N–H and O–H groups in total. The summed E-state index contributed by atoms with van der Waals surface area (Å²) in [6.45, 7) is 2.57. The van der Waals surface area contributed by atoms with Crippen LogP contribution in [0.2, 0.25) is 5.15 Å². The zero-order chi connectivity index (χ0) is 10.6.